The lowest BCUT2D eigenvalue weighted by molar-refractivity contribution is -0.133. The maximum absolute atomic E-state index is 12.0. The van der Waals surface area contributed by atoms with Gasteiger partial charge in [0, 0.05) is 10.6 Å². The van der Waals surface area contributed by atoms with Gasteiger partial charge in [-0.2, -0.15) is 0 Å². The van der Waals surface area contributed by atoms with Crippen molar-refractivity contribution in [1.82, 2.24) is 0 Å². The molecular weight excluding hydrogens is 378 g/mol. The second kappa shape index (κ2) is 10.8. The summed E-state index contributed by atoms with van der Waals surface area (Å²) >= 11 is 5.86. The predicted octanol–water partition coefficient (Wildman–Crippen LogP) is 5.53. The van der Waals surface area contributed by atoms with Crippen LogP contribution in [0.3, 0.4) is 0 Å². The van der Waals surface area contributed by atoms with Gasteiger partial charge < -0.3 is 9.47 Å². The Kier molecular flexibility index (Phi) is 8.18. The van der Waals surface area contributed by atoms with Gasteiger partial charge in [-0.05, 0) is 29.8 Å². The number of rotatable bonds is 8. The van der Waals surface area contributed by atoms with Crippen molar-refractivity contribution in [2.45, 2.75) is 6.61 Å². The first kappa shape index (κ1) is 21.1. The van der Waals surface area contributed by atoms with Gasteiger partial charge in [0.2, 0.25) is 0 Å². The molecule has 0 unspecified atom stereocenters. The maximum Gasteiger partial charge on any atom is 0.341 e. The van der Waals surface area contributed by atoms with Crippen LogP contribution in [0.2, 0.25) is 5.02 Å². The van der Waals surface area contributed by atoms with Crippen LogP contribution < -0.4 is 0 Å². The van der Waals surface area contributed by atoms with Crippen molar-refractivity contribution in [3.63, 3.8) is 0 Å². The third-order valence-electron chi connectivity index (χ3n) is 3.69. The standard InChI is InChI=1S/C22H21ClNO4/c1-16(8-9-17-10-12-19(23)13-11-17)24-28-14-18-6-4-5-7-20(18)21(15-26-2)22(25)27-3/h4-13,15H,1,14H2,2-3H3/q+1/b9-8+,21-15+. The Morgan fingerprint density at radius 1 is 1.18 bits per heavy atom. The summed E-state index contributed by atoms with van der Waals surface area (Å²) in [6.07, 6.45) is 4.94. The fourth-order valence-corrected chi connectivity index (χ4v) is 2.47. The van der Waals surface area contributed by atoms with Crippen molar-refractivity contribution in [2.75, 3.05) is 14.2 Å². The lowest BCUT2D eigenvalue weighted by Crippen LogP contribution is -2.06. The van der Waals surface area contributed by atoms with E-state index in [2.05, 4.69) is 11.8 Å². The molecule has 6 heteroatoms. The van der Waals surface area contributed by atoms with Crippen LogP contribution in [0, 0.1) is 4.54 Å². The summed E-state index contributed by atoms with van der Waals surface area (Å²) in [6.45, 7) is 3.99. The number of nitroso groups, excluding NO2 is 1. The molecule has 0 aliphatic rings. The first-order valence-corrected chi connectivity index (χ1v) is 8.78. The zero-order valence-electron chi connectivity index (χ0n) is 15.7. The van der Waals surface area contributed by atoms with E-state index in [0.717, 1.165) is 11.1 Å². The molecule has 0 saturated carbocycles. The highest BCUT2D eigenvalue weighted by atomic mass is 35.5. The van der Waals surface area contributed by atoms with Crippen molar-refractivity contribution >= 4 is 29.2 Å². The van der Waals surface area contributed by atoms with Crippen LogP contribution in [-0.4, -0.2) is 20.2 Å². The fraction of sp³-hybridized carbons (Fsp3) is 0.136. The van der Waals surface area contributed by atoms with Gasteiger partial charge >= 0.3 is 12.6 Å². The number of hydrogen-bond donors (Lipinski definition) is 0. The van der Waals surface area contributed by atoms with E-state index >= 15 is 0 Å². The molecule has 0 bridgehead atoms. The van der Waals surface area contributed by atoms with E-state index in [9.17, 15) is 4.79 Å². The summed E-state index contributed by atoms with van der Waals surface area (Å²) in [4.78, 5) is 12.0. The highest BCUT2D eigenvalue weighted by Gasteiger charge is 2.18. The number of benzene rings is 2. The Morgan fingerprint density at radius 3 is 2.57 bits per heavy atom. The first-order chi connectivity index (χ1) is 13.5. The number of ether oxygens (including phenoxy) is 2. The average molecular weight is 399 g/mol. The molecule has 0 aliphatic carbocycles. The molecule has 0 atom stereocenters. The number of carbonyl (C=O) groups excluding carboxylic acids is 1. The first-order valence-electron chi connectivity index (χ1n) is 8.40. The van der Waals surface area contributed by atoms with E-state index < -0.39 is 5.97 Å². The van der Waals surface area contributed by atoms with Crippen molar-refractivity contribution < 1.29 is 14.3 Å². The molecule has 0 heterocycles. The SMILES string of the molecule is C=C(/C=C/c1ccc(Cl)cc1)N=[O+]Cc1ccccc1/C(=C\OC)C(=O)OC. The number of nitrogens with zero attached hydrogens (tertiary/aromatic N) is 1. The van der Waals surface area contributed by atoms with Crippen molar-refractivity contribution in [3.8, 4) is 0 Å². The molecule has 0 saturated heterocycles. The third kappa shape index (κ3) is 6.21. The monoisotopic (exact) mass is 398 g/mol. The van der Waals surface area contributed by atoms with Crippen molar-refractivity contribution in [2.24, 2.45) is 5.18 Å². The summed E-state index contributed by atoms with van der Waals surface area (Å²) in [5.74, 6) is -0.499. The highest BCUT2D eigenvalue weighted by molar-refractivity contribution is 6.30. The van der Waals surface area contributed by atoms with Crippen LogP contribution in [0.1, 0.15) is 16.7 Å². The molecule has 0 aromatic heterocycles. The number of halogens is 1. The van der Waals surface area contributed by atoms with Crippen LogP contribution in [0.5, 0.6) is 0 Å². The van der Waals surface area contributed by atoms with Gasteiger partial charge in [0.15, 0.2) is 10.9 Å². The highest BCUT2D eigenvalue weighted by Crippen LogP contribution is 2.21. The molecule has 0 N–H and O–H groups in total. The molecule has 0 aliphatic heterocycles. The molecule has 5 nitrogen and oxygen atoms in total. The number of hydrogen-bond acceptors (Lipinski definition) is 4. The molecule has 2 aromatic rings. The van der Waals surface area contributed by atoms with Crippen LogP contribution in [0.15, 0.2) is 78.3 Å². The predicted molar refractivity (Wildman–Crippen MR) is 113 cm³/mol. The number of carbonyl (C=O) groups is 1. The van der Waals surface area contributed by atoms with Gasteiger partial charge in [0.25, 0.3) is 0 Å². The Morgan fingerprint density at radius 2 is 1.89 bits per heavy atom. The molecule has 0 radical (unpaired) electrons. The molecule has 144 valence electrons. The number of esters is 1. The number of allylic oxidation sites excluding steroid dienone is 1. The quantitative estimate of drug-likeness (QED) is 0.193. The van der Waals surface area contributed by atoms with Crippen molar-refractivity contribution in [3.05, 3.63) is 99.4 Å². The average Bonchev–Trinajstić information content (AvgIpc) is 2.71. The van der Waals surface area contributed by atoms with Gasteiger partial charge in [0.1, 0.15) is 5.57 Å². The largest absolute Gasteiger partial charge is 0.503 e. The molecule has 2 rings (SSSR count). The van der Waals surface area contributed by atoms with Gasteiger partial charge in [-0.15, -0.1) is 4.54 Å². The van der Waals surface area contributed by atoms with Crippen LogP contribution in [-0.2, 0) is 20.9 Å². The van der Waals surface area contributed by atoms with Crippen LogP contribution in [0.25, 0.3) is 11.6 Å². The van der Waals surface area contributed by atoms with Gasteiger partial charge in [0.05, 0.1) is 26.0 Å². The molecule has 0 spiro atoms. The molecule has 2 aromatic carbocycles. The van der Waals surface area contributed by atoms with E-state index in [0.29, 0.717) is 21.9 Å². The summed E-state index contributed by atoms with van der Waals surface area (Å²) in [7, 11) is 2.78. The van der Waals surface area contributed by atoms with Crippen LogP contribution >= 0.6 is 11.6 Å². The minimum Gasteiger partial charge on any atom is -0.503 e. The van der Waals surface area contributed by atoms with Gasteiger partial charge in [-0.1, -0.05) is 54.6 Å². The second-order valence-electron chi connectivity index (χ2n) is 5.66. The zero-order valence-corrected chi connectivity index (χ0v) is 16.5. The Balaban J connectivity index is 2.09. The lowest BCUT2D eigenvalue weighted by Gasteiger charge is -2.07. The Bertz CT molecular complexity index is 914. The fourth-order valence-electron chi connectivity index (χ4n) is 2.34. The van der Waals surface area contributed by atoms with E-state index in [-0.39, 0.29) is 6.61 Å². The zero-order chi connectivity index (χ0) is 20.4. The molecular formula is C22H21ClNO4+. The minimum absolute atomic E-state index is 0.155. The Hall–Kier alpha value is -3.18. The molecule has 0 fully saturated rings. The second-order valence-corrected chi connectivity index (χ2v) is 6.09. The summed E-state index contributed by atoms with van der Waals surface area (Å²) in [5.41, 5.74) is 3.13. The van der Waals surface area contributed by atoms with Gasteiger partial charge in [-0.3, -0.25) is 0 Å². The van der Waals surface area contributed by atoms with Crippen molar-refractivity contribution in [1.29, 1.82) is 0 Å². The molecule has 28 heavy (non-hydrogen) atoms. The van der Waals surface area contributed by atoms with E-state index in [1.165, 1.54) is 20.5 Å². The molecule has 0 amide bonds. The summed E-state index contributed by atoms with van der Waals surface area (Å²) in [6, 6.07) is 14.7. The van der Waals surface area contributed by atoms with E-state index in [1.807, 2.05) is 36.4 Å². The summed E-state index contributed by atoms with van der Waals surface area (Å²) in [5, 5.41) is 4.67. The van der Waals surface area contributed by atoms with Gasteiger partial charge in [-0.25, -0.2) is 4.79 Å². The smallest absolute Gasteiger partial charge is 0.341 e. The Labute approximate surface area is 169 Å². The topological polar surface area (TPSA) is 59.2 Å². The van der Waals surface area contributed by atoms with E-state index in [1.54, 1.807) is 24.3 Å². The number of methoxy groups -OCH3 is 2. The lowest BCUT2D eigenvalue weighted by atomic mass is 10.0. The minimum atomic E-state index is -0.499. The normalized spacial score (nSPS) is 11.8. The maximum atomic E-state index is 12.0. The summed E-state index contributed by atoms with van der Waals surface area (Å²) < 4.78 is 15.2. The van der Waals surface area contributed by atoms with E-state index in [4.69, 9.17) is 25.6 Å². The third-order valence-corrected chi connectivity index (χ3v) is 3.94. The van der Waals surface area contributed by atoms with Crippen LogP contribution in [0.4, 0.5) is 0 Å².